The van der Waals surface area contributed by atoms with Gasteiger partial charge >= 0.3 is 0 Å². The SMILES string of the molecule is Cc1cc(N2CCSCC2)c(/C(N)=N/O)c(C)n1. The van der Waals surface area contributed by atoms with Gasteiger partial charge in [-0.25, -0.2) is 0 Å². The first kappa shape index (κ1) is 13.0. The second-order valence-corrected chi connectivity index (χ2v) is 5.55. The molecule has 98 valence electrons. The molecule has 0 saturated carbocycles. The average Bonchev–Trinajstić information content (AvgIpc) is 2.38. The molecule has 0 bridgehead atoms. The summed E-state index contributed by atoms with van der Waals surface area (Å²) in [4.78, 5) is 6.68. The highest BCUT2D eigenvalue weighted by Gasteiger charge is 2.19. The van der Waals surface area contributed by atoms with E-state index in [1.807, 2.05) is 31.7 Å². The van der Waals surface area contributed by atoms with Crippen LogP contribution in [0.2, 0.25) is 0 Å². The van der Waals surface area contributed by atoms with Crippen molar-refractivity contribution in [2.75, 3.05) is 29.5 Å². The van der Waals surface area contributed by atoms with E-state index in [-0.39, 0.29) is 5.84 Å². The molecule has 0 unspecified atom stereocenters. The fourth-order valence-corrected chi connectivity index (χ4v) is 3.13. The second kappa shape index (κ2) is 5.48. The van der Waals surface area contributed by atoms with Crippen molar-refractivity contribution in [1.82, 2.24) is 4.98 Å². The first-order chi connectivity index (χ1) is 8.63. The van der Waals surface area contributed by atoms with Crippen LogP contribution in [0.15, 0.2) is 11.2 Å². The number of oxime groups is 1. The number of pyridine rings is 1. The van der Waals surface area contributed by atoms with Crippen molar-refractivity contribution in [3.8, 4) is 0 Å². The average molecular weight is 266 g/mol. The van der Waals surface area contributed by atoms with Crippen LogP contribution in [0.5, 0.6) is 0 Å². The number of aromatic nitrogens is 1. The molecule has 0 aliphatic carbocycles. The molecular weight excluding hydrogens is 248 g/mol. The molecule has 0 aromatic carbocycles. The van der Waals surface area contributed by atoms with E-state index >= 15 is 0 Å². The number of aryl methyl sites for hydroxylation is 2. The fourth-order valence-electron chi connectivity index (χ4n) is 2.23. The van der Waals surface area contributed by atoms with Crippen LogP contribution >= 0.6 is 11.8 Å². The van der Waals surface area contributed by atoms with Crippen LogP contribution in [0.3, 0.4) is 0 Å². The highest BCUT2D eigenvalue weighted by atomic mass is 32.2. The van der Waals surface area contributed by atoms with Gasteiger partial charge in [0.25, 0.3) is 0 Å². The van der Waals surface area contributed by atoms with Crippen molar-refractivity contribution < 1.29 is 5.21 Å². The minimum Gasteiger partial charge on any atom is -0.409 e. The Morgan fingerprint density at radius 2 is 2.11 bits per heavy atom. The lowest BCUT2D eigenvalue weighted by molar-refractivity contribution is 0.318. The smallest absolute Gasteiger partial charge is 0.174 e. The Morgan fingerprint density at radius 1 is 1.44 bits per heavy atom. The number of rotatable bonds is 2. The highest BCUT2D eigenvalue weighted by molar-refractivity contribution is 7.99. The summed E-state index contributed by atoms with van der Waals surface area (Å²) in [6, 6.07) is 2.01. The van der Waals surface area contributed by atoms with Gasteiger partial charge in [0.2, 0.25) is 0 Å². The summed E-state index contributed by atoms with van der Waals surface area (Å²) < 4.78 is 0. The molecule has 5 nitrogen and oxygen atoms in total. The number of hydrogen-bond donors (Lipinski definition) is 2. The maximum atomic E-state index is 8.92. The molecular formula is C12H18N4OS. The Labute approximate surface area is 111 Å². The van der Waals surface area contributed by atoms with Crippen LogP contribution in [0, 0.1) is 13.8 Å². The van der Waals surface area contributed by atoms with Crippen LogP contribution in [0.1, 0.15) is 17.0 Å². The van der Waals surface area contributed by atoms with E-state index in [4.69, 9.17) is 10.9 Å². The van der Waals surface area contributed by atoms with Crippen molar-refractivity contribution in [1.29, 1.82) is 0 Å². The van der Waals surface area contributed by atoms with Gasteiger partial charge in [-0.3, -0.25) is 4.98 Å². The van der Waals surface area contributed by atoms with E-state index in [1.54, 1.807) is 0 Å². The van der Waals surface area contributed by atoms with Crippen molar-refractivity contribution in [3.63, 3.8) is 0 Å². The summed E-state index contributed by atoms with van der Waals surface area (Å²) in [5.74, 6) is 2.35. The van der Waals surface area contributed by atoms with E-state index < -0.39 is 0 Å². The molecule has 18 heavy (non-hydrogen) atoms. The molecule has 0 radical (unpaired) electrons. The molecule has 0 spiro atoms. The summed E-state index contributed by atoms with van der Waals surface area (Å²) in [6.07, 6.45) is 0. The van der Waals surface area contributed by atoms with Gasteiger partial charge in [-0.05, 0) is 19.9 Å². The molecule has 1 aromatic heterocycles. The molecule has 1 aliphatic heterocycles. The van der Waals surface area contributed by atoms with Crippen LogP contribution < -0.4 is 10.6 Å². The van der Waals surface area contributed by atoms with E-state index in [1.165, 1.54) is 0 Å². The maximum absolute atomic E-state index is 8.92. The predicted molar refractivity (Wildman–Crippen MR) is 75.8 cm³/mol. The molecule has 6 heteroatoms. The van der Waals surface area contributed by atoms with Gasteiger partial charge in [0.1, 0.15) is 0 Å². The van der Waals surface area contributed by atoms with E-state index in [9.17, 15) is 0 Å². The number of amidine groups is 1. The van der Waals surface area contributed by atoms with Crippen LogP contribution in [0.25, 0.3) is 0 Å². The zero-order chi connectivity index (χ0) is 13.1. The summed E-state index contributed by atoms with van der Waals surface area (Å²) in [5.41, 5.74) is 9.31. The van der Waals surface area contributed by atoms with Gasteiger partial charge < -0.3 is 15.8 Å². The highest BCUT2D eigenvalue weighted by Crippen LogP contribution is 2.26. The predicted octanol–water partition coefficient (Wildman–Crippen LogP) is 1.35. The lowest BCUT2D eigenvalue weighted by Crippen LogP contribution is -2.35. The normalized spacial score (nSPS) is 17.0. The third kappa shape index (κ3) is 2.53. The number of hydrogen-bond acceptors (Lipinski definition) is 5. The Bertz CT molecular complexity index is 469. The van der Waals surface area contributed by atoms with Gasteiger partial charge in [0.05, 0.1) is 16.9 Å². The topological polar surface area (TPSA) is 74.7 Å². The standard InChI is InChI=1S/C12H18N4OS/c1-8-7-10(16-3-5-18-6-4-16)11(9(2)14-8)12(13)15-17/h7,17H,3-6H2,1-2H3,(H2,13,15). The molecule has 1 aliphatic rings. The van der Waals surface area contributed by atoms with Gasteiger partial charge in [0, 0.05) is 30.3 Å². The van der Waals surface area contributed by atoms with Crippen molar-refractivity contribution >= 4 is 23.3 Å². The zero-order valence-corrected chi connectivity index (χ0v) is 11.5. The molecule has 1 aromatic rings. The Kier molecular flexibility index (Phi) is 3.96. The lowest BCUT2D eigenvalue weighted by atomic mass is 10.1. The Morgan fingerprint density at radius 3 is 2.72 bits per heavy atom. The third-order valence-electron chi connectivity index (χ3n) is 3.02. The molecule has 2 heterocycles. The lowest BCUT2D eigenvalue weighted by Gasteiger charge is -2.30. The number of nitrogens with zero attached hydrogens (tertiary/aromatic N) is 3. The van der Waals surface area contributed by atoms with E-state index in [2.05, 4.69) is 15.0 Å². The Balaban J connectivity index is 2.49. The minimum atomic E-state index is 0.133. The molecule has 0 amide bonds. The van der Waals surface area contributed by atoms with Gasteiger partial charge in [-0.15, -0.1) is 0 Å². The van der Waals surface area contributed by atoms with E-state index in [0.717, 1.165) is 47.2 Å². The number of thioether (sulfide) groups is 1. The summed E-state index contributed by atoms with van der Waals surface area (Å²) >= 11 is 1.95. The molecule has 1 fully saturated rings. The van der Waals surface area contributed by atoms with Crippen LogP contribution in [-0.2, 0) is 0 Å². The summed E-state index contributed by atoms with van der Waals surface area (Å²) in [6.45, 7) is 5.83. The maximum Gasteiger partial charge on any atom is 0.174 e. The molecule has 2 rings (SSSR count). The fraction of sp³-hybridized carbons (Fsp3) is 0.500. The monoisotopic (exact) mass is 266 g/mol. The molecule has 3 N–H and O–H groups in total. The zero-order valence-electron chi connectivity index (χ0n) is 10.7. The van der Waals surface area contributed by atoms with Gasteiger partial charge in [-0.2, -0.15) is 11.8 Å². The third-order valence-corrected chi connectivity index (χ3v) is 3.97. The summed E-state index contributed by atoms with van der Waals surface area (Å²) in [7, 11) is 0. The van der Waals surface area contributed by atoms with Crippen LogP contribution in [-0.4, -0.2) is 40.6 Å². The van der Waals surface area contributed by atoms with Crippen molar-refractivity contribution in [2.24, 2.45) is 10.9 Å². The first-order valence-corrected chi connectivity index (χ1v) is 7.07. The largest absolute Gasteiger partial charge is 0.409 e. The van der Waals surface area contributed by atoms with Crippen molar-refractivity contribution in [3.05, 3.63) is 23.0 Å². The molecule has 1 saturated heterocycles. The quantitative estimate of drug-likeness (QED) is 0.366. The van der Waals surface area contributed by atoms with Gasteiger partial charge in [0.15, 0.2) is 5.84 Å². The second-order valence-electron chi connectivity index (χ2n) is 4.33. The van der Waals surface area contributed by atoms with Crippen LogP contribution in [0.4, 0.5) is 5.69 Å². The van der Waals surface area contributed by atoms with Gasteiger partial charge in [-0.1, -0.05) is 5.16 Å². The first-order valence-electron chi connectivity index (χ1n) is 5.92. The van der Waals surface area contributed by atoms with Crippen molar-refractivity contribution in [2.45, 2.75) is 13.8 Å². The number of nitrogens with two attached hydrogens (primary N) is 1. The summed E-state index contributed by atoms with van der Waals surface area (Å²) in [5, 5.41) is 12.0. The molecule has 0 atom stereocenters. The number of anilines is 1. The minimum absolute atomic E-state index is 0.133. The Hall–Kier alpha value is -1.43. The van der Waals surface area contributed by atoms with E-state index in [0.29, 0.717) is 0 Å².